The number of hydrogen-bond donors (Lipinski definition) is 3. The predicted octanol–water partition coefficient (Wildman–Crippen LogP) is 3.49. The van der Waals surface area contributed by atoms with Gasteiger partial charge in [0, 0.05) is 28.1 Å². The first-order valence-corrected chi connectivity index (χ1v) is 8.17. The lowest BCUT2D eigenvalue weighted by Gasteiger charge is -2.08. The van der Waals surface area contributed by atoms with Crippen LogP contribution in [-0.4, -0.2) is 22.0 Å². The quantitative estimate of drug-likeness (QED) is 0.627. The van der Waals surface area contributed by atoms with Crippen LogP contribution in [-0.2, 0) is 17.8 Å². The number of carbonyl (C=O) groups excluding carboxylic acids is 1. The molecule has 0 bridgehead atoms. The van der Waals surface area contributed by atoms with E-state index in [1.807, 2.05) is 30.5 Å². The number of aromatic nitrogens is 1. The minimum atomic E-state index is -1.00. The fourth-order valence-corrected chi connectivity index (χ4v) is 3.18. The Kier molecular flexibility index (Phi) is 4.66. The van der Waals surface area contributed by atoms with Gasteiger partial charge in [-0.15, -0.1) is 0 Å². The molecular weight excluding hydrogens is 372 g/mol. The number of fused-ring (bicyclic) bond motifs is 1. The molecule has 122 valence electrons. The van der Waals surface area contributed by atoms with Crippen LogP contribution in [0.1, 0.15) is 21.5 Å². The monoisotopic (exact) mass is 386 g/mol. The highest BCUT2D eigenvalue weighted by Gasteiger charge is 2.11. The van der Waals surface area contributed by atoms with Crippen LogP contribution in [0.25, 0.3) is 10.9 Å². The second kappa shape index (κ2) is 6.88. The van der Waals surface area contributed by atoms with Crippen molar-refractivity contribution in [2.45, 2.75) is 13.0 Å². The van der Waals surface area contributed by atoms with Crippen LogP contribution in [0.4, 0.5) is 0 Å². The standard InChI is InChI=1S/C18H15BrN2O3/c19-15-8-11(4-5-14(15)18(23)24)9-17(22)21-10-12-2-1-3-16-13(12)6-7-20-16/h1-8,20H,9-10H2,(H,21,22)(H,23,24). The maximum absolute atomic E-state index is 12.1. The molecule has 0 saturated heterocycles. The summed E-state index contributed by atoms with van der Waals surface area (Å²) in [5.74, 6) is -1.12. The first-order valence-electron chi connectivity index (χ1n) is 7.38. The van der Waals surface area contributed by atoms with Gasteiger partial charge in [-0.2, -0.15) is 0 Å². The SMILES string of the molecule is O=C(Cc1ccc(C(=O)O)c(Br)c1)NCc1cccc2[nH]ccc12. The number of hydrogen-bond acceptors (Lipinski definition) is 2. The topological polar surface area (TPSA) is 82.2 Å². The second-order valence-electron chi connectivity index (χ2n) is 5.43. The summed E-state index contributed by atoms with van der Waals surface area (Å²) in [5.41, 5.74) is 3.02. The van der Waals surface area contributed by atoms with E-state index in [9.17, 15) is 9.59 Å². The van der Waals surface area contributed by atoms with Crippen molar-refractivity contribution in [1.29, 1.82) is 0 Å². The largest absolute Gasteiger partial charge is 0.478 e. The van der Waals surface area contributed by atoms with E-state index in [2.05, 4.69) is 26.2 Å². The Balaban J connectivity index is 1.65. The fourth-order valence-electron chi connectivity index (χ4n) is 2.59. The zero-order chi connectivity index (χ0) is 17.1. The van der Waals surface area contributed by atoms with E-state index in [0.29, 0.717) is 11.0 Å². The third kappa shape index (κ3) is 3.49. The minimum absolute atomic E-state index is 0.113. The van der Waals surface area contributed by atoms with E-state index in [4.69, 9.17) is 5.11 Å². The lowest BCUT2D eigenvalue weighted by atomic mass is 10.1. The van der Waals surface area contributed by atoms with E-state index >= 15 is 0 Å². The van der Waals surface area contributed by atoms with Crippen LogP contribution in [0.15, 0.2) is 53.1 Å². The summed E-state index contributed by atoms with van der Waals surface area (Å²) in [7, 11) is 0. The molecule has 0 radical (unpaired) electrons. The Morgan fingerprint density at radius 2 is 2.00 bits per heavy atom. The van der Waals surface area contributed by atoms with Gasteiger partial charge in [-0.3, -0.25) is 4.79 Å². The number of aromatic amines is 1. The molecule has 1 heterocycles. The van der Waals surface area contributed by atoms with E-state index < -0.39 is 5.97 Å². The molecule has 2 aromatic carbocycles. The Morgan fingerprint density at radius 3 is 2.75 bits per heavy atom. The molecule has 3 aromatic rings. The molecule has 0 unspecified atom stereocenters. The van der Waals surface area contributed by atoms with Crippen molar-refractivity contribution >= 4 is 38.7 Å². The lowest BCUT2D eigenvalue weighted by Crippen LogP contribution is -2.24. The van der Waals surface area contributed by atoms with Crippen LogP contribution < -0.4 is 5.32 Å². The molecule has 0 spiro atoms. The molecule has 3 rings (SSSR count). The van der Waals surface area contributed by atoms with Crippen LogP contribution in [0.2, 0.25) is 0 Å². The predicted molar refractivity (Wildman–Crippen MR) is 95.0 cm³/mol. The second-order valence-corrected chi connectivity index (χ2v) is 6.28. The zero-order valence-corrected chi connectivity index (χ0v) is 14.3. The maximum Gasteiger partial charge on any atom is 0.336 e. The number of H-pyrrole nitrogens is 1. The van der Waals surface area contributed by atoms with Crippen molar-refractivity contribution in [3.63, 3.8) is 0 Å². The van der Waals surface area contributed by atoms with Crippen LogP contribution in [0.5, 0.6) is 0 Å². The van der Waals surface area contributed by atoms with Crippen molar-refractivity contribution in [3.8, 4) is 0 Å². The van der Waals surface area contributed by atoms with E-state index in [1.165, 1.54) is 6.07 Å². The van der Waals surface area contributed by atoms with Gasteiger partial charge in [-0.05, 0) is 51.3 Å². The Labute approximate surface area is 146 Å². The van der Waals surface area contributed by atoms with E-state index in [1.54, 1.807) is 12.1 Å². The van der Waals surface area contributed by atoms with Gasteiger partial charge in [0.05, 0.1) is 12.0 Å². The summed E-state index contributed by atoms with van der Waals surface area (Å²) in [6.07, 6.45) is 2.07. The number of carbonyl (C=O) groups is 2. The van der Waals surface area contributed by atoms with Gasteiger partial charge in [0.2, 0.25) is 5.91 Å². The van der Waals surface area contributed by atoms with Crippen LogP contribution >= 0.6 is 15.9 Å². The zero-order valence-electron chi connectivity index (χ0n) is 12.7. The fraction of sp³-hybridized carbons (Fsp3) is 0.111. The molecule has 0 aliphatic carbocycles. The van der Waals surface area contributed by atoms with Gasteiger partial charge in [0.25, 0.3) is 0 Å². The first kappa shape index (κ1) is 16.3. The van der Waals surface area contributed by atoms with Crippen molar-refractivity contribution in [3.05, 3.63) is 69.8 Å². The number of rotatable bonds is 5. The number of nitrogens with one attached hydrogen (secondary N) is 2. The Bertz CT molecular complexity index is 918. The minimum Gasteiger partial charge on any atom is -0.478 e. The van der Waals surface area contributed by atoms with Crippen molar-refractivity contribution < 1.29 is 14.7 Å². The van der Waals surface area contributed by atoms with Gasteiger partial charge >= 0.3 is 5.97 Å². The highest BCUT2D eigenvalue weighted by atomic mass is 79.9. The molecule has 0 aliphatic rings. The molecule has 0 saturated carbocycles. The highest BCUT2D eigenvalue weighted by Crippen LogP contribution is 2.19. The maximum atomic E-state index is 12.1. The summed E-state index contributed by atoms with van der Waals surface area (Å²) < 4.78 is 0.470. The van der Waals surface area contributed by atoms with Crippen molar-refractivity contribution in [1.82, 2.24) is 10.3 Å². The van der Waals surface area contributed by atoms with Gasteiger partial charge in [0.15, 0.2) is 0 Å². The number of carboxylic acid groups (broad SMARTS) is 1. The molecule has 1 amide bonds. The highest BCUT2D eigenvalue weighted by molar-refractivity contribution is 9.10. The smallest absolute Gasteiger partial charge is 0.336 e. The van der Waals surface area contributed by atoms with Crippen molar-refractivity contribution in [2.24, 2.45) is 0 Å². The molecule has 1 aromatic heterocycles. The normalized spacial score (nSPS) is 10.7. The summed E-state index contributed by atoms with van der Waals surface area (Å²) in [6.45, 7) is 0.447. The Hall–Kier alpha value is -2.60. The third-order valence-electron chi connectivity index (χ3n) is 3.79. The Morgan fingerprint density at radius 1 is 1.17 bits per heavy atom. The molecule has 0 aliphatic heterocycles. The molecule has 0 atom stereocenters. The molecule has 5 nitrogen and oxygen atoms in total. The summed E-state index contributed by atoms with van der Waals surface area (Å²) in [6, 6.07) is 12.7. The molecule has 0 fully saturated rings. The van der Waals surface area contributed by atoms with Gasteiger partial charge in [-0.1, -0.05) is 18.2 Å². The summed E-state index contributed by atoms with van der Waals surface area (Å²) in [5, 5.41) is 13.0. The number of benzene rings is 2. The van der Waals surface area contributed by atoms with Crippen LogP contribution in [0.3, 0.4) is 0 Å². The van der Waals surface area contributed by atoms with Gasteiger partial charge < -0.3 is 15.4 Å². The summed E-state index contributed by atoms with van der Waals surface area (Å²) in [4.78, 5) is 26.3. The molecular formula is C18H15BrN2O3. The molecule has 3 N–H and O–H groups in total. The third-order valence-corrected chi connectivity index (χ3v) is 4.45. The number of amides is 1. The summed E-state index contributed by atoms with van der Waals surface area (Å²) >= 11 is 3.22. The van der Waals surface area contributed by atoms with Gasteiger partial charge in [0.1, 0.15) is 0 Å². The number of halogens is 1. The number of aromatic carboxylic acids is 1. The van der Waals surface area contributed by atoms with E-state index in [-0.39, 0.29) is 17.9 Å². The molecule has 24 heavy (non-hydrogen) atoms. The average molecular weight is 387 g/mol. The molecule has 6 heteroatoms. The lowest BCUT2D eigenvalue weighted by molar-refractivity contribution is -0.120. The van der Waals surface area contributed by atoms with Crippen LogP contribution in [0, 0.1) is 0 Å². The number of carboxylic acids is 1. The average Bonchev–Trinajstić information content (AvgIpc) is 3.01. The van der Waals surface area contributed by atoms with Crippen molar-refractivity contribution in [2.75, 3.05) is 0 Å². The van der Waals surface area contributed by atoms with Gasteiger partial charge in [-0.25, -0.2) is 4.79 Å². The van der Waals surface area contributed by atoms with E-state index in [0.717, 1.165) is 22.0 Å². The first-order chi connectivity index (χ1) is 11.5.